The van der Waals surface area contributed by atoms with E-state index >= 15 is 0 Å². The number of anilines is 3. The Bertz CT molecular complexity index is 884. The summed E-state index contributed by atoms with van der Waals surface area (Å²) in [4.78, 5) is 19.3. The molecule has 5 N–H and O–H groups in total. The Morgan fingerprint density at radius 2 is 2.00 bits per heavy atom. The fourth-order valence-electron chi connectivity index (χ4n) is 2.22. The molecule has 24 heavy (non-hydrogen) atoms. The van der Waals surface area contributed by atoms with Crippen molar-refractivity contribution in [1.29, 1.82) is 0 Å². The van der Waals surface area contributed by atoms with Crippen LogP contribution >= 0.6 is 23.3 Å². The molecule has 0 unspecified atom stereocenters. The molecular weight excluding hydrogens is 344 g/mol. The molecule has 0 spiro atoms. The highest BCUT2D eigenvalue weighted by molar-refractivity contribution is 7.97. The second-order valence-electron chi connectivity index (χ2n) is 5.15. The van der Waals surface area contributed by atoms with Gasteiger partial charge >= 0.3 is 0 Å². The van der Waals surface area contributed by atoms with Crippen LogP contribution in [0.2, 0.25) is 0 Å². The zero-order chi connectivity index (χ0) is 17.3. The number of aryl methyl sites for hydroxylation is 2. The molecule has 0 aliphatic carbocycles. The van der Waals surface area contributed by atoms with Gasteiger partial charge in [-0.05, 0) is 61.7 Å². The molecule has 0 saturated heterocycles. The number of carbonyl (C=O) groups excluding carboxylic acids is 1. The lowest BCUT2D eigenvalue weighted by molar-refractivity contribution is 0.0951. The van der Waals surface area contributed by atoms with E-state index in [0.717, 1.165) is 25.7 Å². The van der Waals surface area contributed by atoms with Crippen LogP contribution in [0.1, 0.15) is 20.1 Å². The Morgan fingerprint density at radius 3 is 2.58 bits per heavy atom. The van der Waals surface area contributed by atoms with E-state index in [-0.39, 0.29) is 17.8 Å². The van der Waals surface area contributed by atoms with E-state index in [1.54, 1.807) is 0 Å². The van der Waals surface area contributed by atoms with Gasteiger partial charge < -0.3 is 11.1 Å². The highest BCUT2D eigenvalue weighted by Crippen LogP contribution is 2.23. The van der Waals surface area contributed by atoms with Crippen molar-refractivity contribution in [3.63, 3.8) is 0 Å². The second kappa shape index (κ2) is 6.63. The molecule has 2 aromatic heterocycles. The summed E-state index contributed by atoms with van der Waals surface area (Å²) in [5, 5.41) is 12.7. The van der Waals surface area contributed by atoms with Crippen LogP contribution < -0.4 is 16.2 Å². The second-order valence-corrected chi connectivity index (χ2v) is 7.11. The molecule has 0 radical (unpaired) electrons. The van der Waals surface area contributed by atoms with Crippen molar-refractivity contribution in [2.24, 2.45) is 5.14 Å². The molecule has 124 valence electrons. The molecule has 0 aliphatic heterocycles. The van der Waals surface area contributed by atoms with Crippen LogP contribution in [0.15, 0.2) is 35.2 Å². The third-order valence-electron chi connectivity index (χ3n) is 3.31. The van der Waals surface area contributed by atoms with Gasteiger partial charge in [-0.1, -0.05) is 0 Å². The smallest absolute Gasteiger partial charge is 0.291 e. The first-order valence-electron chi connectivity index (χ1n) is 7.06. The zero-order valence-corrected chi connectivity index (χ0v) is 14.7. The van der Waals surface area contributed by atoms with E-state index in [4.69, 9.17) is 10.9 Å². The standard InChI is InChI=1S/C15H16N6OS2/c1-8-7-9(2)23-12(8)13(22)21-14(16)19-15(20-21)18-10-3-5-11(24-17)6-4-10/h3-7H,17H2,1-2H3,(H3,16,18,19,20). The van der Waals surface area contributed by atoms with Crippen LogP contribution in [0.3, 0.4) is 0 Å². The van der Waals surface area contributed by atoms with E-state index in [0.29, 0.717) is 4.88 Å². The van der Waals surface area contributed by atoms with E-state index in [9.17, 15) is 4.79 Å². The molecular formula is C15H16N6OS2. The maximum atomic E-state index is 12.6. The Kier molecular flexibility index (Phi) is 4.56. The third-order valence-corrected chi connectivity index (χ3v) is 4.99. The summed E-state index contributed by atoms with van der Waals surface area (Å²) in [6.45, 7) is 3.84. The molecule has 0 atom stereocenters. The van der Waals surface area contributed by atoms with Gasteiger partial charge in [-0.25, -0.2) is 0 Å². The van der Waals surface area contributed by atoms with Gasteiger partial charge in [0.1, 0.15) is 0 Å². The van der Waals surface area contributed by atoms with Crippen LogP contribution in [0.4, 0.5) is 17.6 Å². The van der Waals surface area contributed by atoms with Gasteiger partial charge in [-0.15, -0.1) is 16.4 Å². The van der Waals surface area contributed by atoms with Gasteiger partial charge in [-0.3, -0.25) is 9.93 Å². The highest BCUT2D eigenvalue weighted by Gasteiger charge is 2.19. The van der Waals surface area contributed by atoms with Gasteiger partial charge in [0.2, 0.25) is 11.9 Å². The van der Waals surface area contributed by atoms with Crippen LogP contribution in [0, 0.1) is 13.8 Å². The maximum Gasteiger partial charge on any atom is 0.291 e. The van der Waals surface area contributed by atoms with Crippen LogP contribution in [-0.2, 0) is 0 Å². The molecule has 0 fully saturated rings. The minimum absolute atomic E-state index is 0.0436. The first kappa shape index (κ1) is 16.5. The number of hydrogen-bond acceptors (Lipinski definition) is 8. The van der Waals surface area contributed by atoms with E-state index in [1.807, 2.05) is 44.2 Å². The molecule has 7 nitrogen and oxygen atoms in total. The summed E-state index contributed by atoms with van der Waals surface area (Å²) < 4.78 is 1.12. The largest absolute Gasteiger partial charge is 0.368 e. The minimum atomic E-state index is -0.279. The quantitative estimate of drug-likeness (QED) is 0.613. The number of aromatic nitrogens is 3. The van der Waals surface area contributed by atoms with Crippen LogP contribution in [0.25, 0.3) is 0 Å². The Labute approximate surface area is 147 Å². The lowest BCUT2D eigenvalue weighted by atomic mass is 10.2. The van der Waals surface area contributed by atoms with Crippen molar-refractivity contribution < 1.29 is 4.79 Å². The molecule has 3 rings (SSSR count). The van der Waals surface area contributed by atoms with Gasteiger partial charge in [-0.2, -0.15) is 9.67 Å². The number of benzene rings is 1. The molecule has 0 aliphatic rings. The molecule has 3 aromatic rings. The number of carbonyl (C=O) groups is 1. The molecule has 0 bridgehead atoms. The van der Waals surface area contributed by atoms with E-state index in [1.165, 1.54) is 23.3 Å². The van der Waals surface area contributed by atoms with E-state index < -0.39 is 0 Å². The minimum Gasteiger partial charge on any atom is -0.368 e. The van der Waals surface area contributed by atoms with Crippen molar-refractivity contribution in [3.05, 3.63) is 45.6 Å². The molecule has 0 saturated carbocycles. The molecule has 1 aromatic carbocycles. The summed E-state index contributed by atoms with van der Waals surface area (Å²) in [6.07, 6.45) is 0. The molecule has 2 heterocycles. The average molecular weight is 360 g/mol. The lowest BCUT2D eigenvalue weighted by Gasteiger charge is -2.02. The van der Waals surface area contributed by atoms with Crippen molar-refractivity contribution in [2.45, 2.75) is 18.7 Å². The van der Waals surface area contributed by atoms with Crippen molar-refractivity contribution in [1.82, 2.24) is 14.8 Å². The predicted octanol–water partition coefficient (Wildman–Crippen LogP) is 2.94. The van der Waals surface area contributed by atoms with Crippen LogP contribution in [0.5, 0.6) is 0 Å². The number of nitrogens with one attached hydrogen (secondary N) is 1. The van der Waals surface area contributed by atoms with Crippen LogP contribution in [-0.4, -0.2) is 20.7 Å². The summed E-state index contributed by atoms with van der Waals surface area (Å²) in [5.41, 5.74) is 7.53. The van der Waals surface area contributed by atoms with Crippen molar-refractivity contribution in [2.75, 3.05) is 11.1 Å². The van der Waals surface area contributed by atoms with E-state index in [2.05, 4.69) is 15.4 Å². The summed E-state index contributed by atoms with van der Waals surface area (Å²) in [6, 6.07) is 9.40. The summed E-state index contributed by atoms with van der Waals surface area (Å²) in [5.74, 6) is 0.0283. The fraction of sp³-hybridized carbons (Fsp3) is 0.133. The highest BCUT2D eigenvalue weighted by atomic mass is 32.2. The lowest BCUT2D eigenvalue weighted by Crippen LogP contribution is -2.16. The molecule has 9 heteroatoms. The van der Waals surface area contributed by atoms with Gasteiger partial charge in [0.15, 0.2) is 0 Å². The average Bonchev–Trinajstić information content (AvgIpc) is 3.09. The first-order chi connectivity index (χ1) is 11.5. The topological polar surface area (TPSA) is 112 Å². The zero-order valence-electron chi connectivity index (χ0n) is 13.1. The number of nitrogens with zero attached hydrogens (tertiary/aromatic N) is 3. The number of nitrogens with two attached hydrogens (primary N) is 2. The Hall–Kier alpha value is -2.36. The van der Waals surface area contributed by atoms with Gasteiger partial charge in [0.25, 0.3) is 5.91 Å². The summed E-state index contributed by atoms with van der Waals surface area (Å²) >= 11 is 2.58. The van der Waals surface area contributed by atoms with Crippen molar-refractivity contribution >= 4 is 46.8 Å². The third kappa shape index (κ3) is 3.28. The normalized spacial score (nSPS) is 10.8. The van der Waals surface area contributed by atoms with Gasteiger partial charge in [0, 0.05) is 15.5 Å². The van der Waals surface area contributed by atoms with Gasteiger partial charge in [0.05, 0.1) is 4.88 Å². The van der Waals surface area contributed by atoms with Crippen molar-refractivity contribution in [3.8, 4) is 0 Å². The number of thiophene rings is 1. The predicted molar refractivity (Wildman–Crippen MR) is 97.7 cm³/mol. The first-order valence-corrected chi connectivity index (χ1v) is 8.75. The molecule has 0 amide bonds. The number of hydrogen-bond donors (Lipinski definition) is 3. The SMILES string of the molecule is Cc1cc(C)c(C(=O)n2nc(Nc3ccc(SN)cc3)nc2N)s1. The Balaban J connectivity index is 1.84. The maximum absolute atomic E-state index is 12.6. The monoisotopic (exact) mass is 360 g/mol. The fourth-order valence-corrected chi connectivity index (χ4v) is 3.47. The number of rotatable bonds is 4. The summed E-state index contributed by atoms with van der Waals surface area (Å²) in [7, 11) is 0. The Morgan fingerprint density at radius 1 is 1.29 bits per heavy atom. The number of nitrogen functional groups attached to an aromatic ring is 1.